The summed E-state index contributed by atoms with van der Waals surface area (Å²) in [5.74, 6) is 0.378. The number of hydrogen-bond acceptors (Lipinski definition) is 1. The van der Waals surface area contributed by atoms with Crippen LogP contribution in [0.5, 0.6) is 5.75 Å². The molecule has 110 valence electrons. The van der Waals surface area contributed by atoms with Gasteiger partial charge in [-0.05, 0) is 41.0 Å². The van der Waals surface area contributed by atoms with Crippen LogP contribution in [0.4, 0.5) is 0 Å². The van der Waals surface area contributed by atoms with Gasteiger partial charge in [0, 0.05) is 0 Å². The summed E-state index contributed by atoms with van der Waals surface area (Å²) in [6.07, 6.45) is 6.02. The monoisotopic (exact) mass is 280 g/mol. The average molecular weight is 280 g/mol. The molecule has 2 aromatic carbocycles. The third kappa shape index (κ3) is 3.98. The molecule has 0 spiro atoms. The average Bonchev–Trinajstić information content (AvgIpc) is 2.50. The molecule has 21 heavy (non-hydrogen) atoms. The van der Waals surface area contributed by atoms with Gasteiger partial charge in [0.25, 0.3) is 0 Å². The fraction of sp³-hybridized carbons (Fsp3) is 0.300. The molecular weight excluding hydrogens is 256 g/mol. The fourth-order valence-corrected chi connectivity index (χ4v) is 2.26. The highest BCUT2D eigenvalue weighted by Crippen LogP contribution is 2.30. The lowest BCUT2D eigenvalue weighted by Crippen LogP contribution is -2.15. The van der Waals surface area contributed by atoms with E-state index in [2.05, 4.69) is 51.1 Å². The van der Waals surface area contributed by atoms with E-state index in [1.54, 1.807) is 0 Å². The number of aromatic hydroxyl groups is 1. The van der Waals surface area contributed by atoms with Gasteiger partial charge < -0.3 is 5.11 Å². The van der Waals surface area contributed by atoms with Crippen molar-refractivity contribution in [1.29, 1.82) is 0 Å². The fourth-order valence-electron chi connectivity index (χ4n) is 2.26. The largest absolute Gasteiger partial charge is 0.508 e. The first-order valence-corrected chi connectivity index (χ1v) is 7.57. The molecule has 0 saturated carbocycles. The predicted molar refractivity (Wildman–Crippen MR) is 90.6 cm³/mol. The first-order valence-electron chi connectivity index (χ1n) is 7.57. The van der Waals surface area contributed by atoms with Crippen LogP contribution in [0.15, 0.2) is 54.6 Å². The van der Waals surface area contributed by atoms with Crippen LogP contribution < -0.4 is 0 Å². The number of rotatable bonds is 5. The summed E-state index contributed by atoms with van der Waals surface area (Å²) < 4.78 is 0. The Morgan fingerprint density at radius 2 is 1.76 bits per heavy atom. The summed E-state index contributed by atoms with van der Waals surface area (Å²) in [6.45, 7) is 6.67. The molecule has 0 radical (unpaired) electrons. The summed E-state index contributed by atoms with van der Waals surface area (Å²) in [5, 5.41) is 10.0. The minimum absolute atomic E-state index is 0.144. The van der Waals surface area contributed by atoms with Crippen molar-refractivity contribution in [3.8, 4) is 5.75 Å². The second kappa shape index (κ2) is 6.62. The Kier molecular flexibility index (Phi) is 4.85. The lowest BCUT2D eigenvalue weighted by Gasteiger charge is -2.24. The lowest BCUT2D eigenvalue weighted by molar-refractivity contribution is 0.465. The van der Waals surface area contributed by atoms with Gasteiger partial charge in [-0.3, -0.25) is 0 Å². The van der Waals surface area contributed by atoms with Crippen LogP contribution >= 0.6 is 0 Å². The van der Waals surface area contributed by atoms with Crippen LogP contribution in [0, 0.1) is 0 Å². The van der Waals surface area contributed by atoms with E-state index in [0.29, 0.717) is 5.75 Å². The number of phenols is 1. The summed E-state index contributed by atoms with van der Waals surface area (Å²) in [4.78, 5) is 0. The quantitative estimate of drug-likeness (QED) is 0.784. The van der Waals surface area contributed by atoms with Crippen molar-refractivity contribution >= 4 is 6.08 Å². The molecule has 0 heterocycles. The van der Waals surface area contributed by atoms with Gasteiger partial charge in [0.15, 0.2) is 0 Å². The molecule has 2 rings (SSSR count). The Labute approximate surface area is 128 Å². The summed E-state index contributed by atoms with van der Waals surface area (Å²) in [5.41, 5.74) is 3.60. The van der Waals surface area contributed by atoms with Gasteiger partial charge in [-0.15, -0.1) is 0 Å². The van der Waals surface area contributed by atoms with Crippen LogP contribution in [0.3, 0.4) is 0 Å². The highest BCUT2D eigenvalue weighted by Gasteiger charge is 2.18. The third-order valence-corrected chi connectivity index (χ3v) is 4.19. The zero-order valence-corrected chi connectivity index (χ0v) is 13.1. The normalized spacial score (nSPS) is 12.0. The van der Waals surface area contributed by atoms with Crippen LogP contribution in [-0.4, -0.2) is 5.11 Å². The maximum atomic E-state index is 10.0. The smallest absolute Gasteiger partial charge is 0.119 e. The van der Waals surface area contributed by atoms with E-state index in [-0.39, 0.29) is 5.41 Å². The zero-order valence-electron chi connectivity index (χ0n) is 13.1. The van der Waals surface area contributed by atoms with Crippen LogP contribution in [-0.2, 0) is 11.8 Å². The topological polar surface area (TPSA) is 20.2 Å². The van der Waals surface area contributed by atoms with Crippen molar-refractivity contribution in [1.82, 2.24) is 0 Å². The first kappa shape index (κ1) is 15.4. The zero-order chi connectivity index (χ0) is 15.3. The van der Waals surface area contributed by atoms with Crippen molar-refractivity contribution in [2.75, 3.05) is 0 Å². The molecule has 0 bridgehead atoms. The van der Waals surface area contributed by atoms with Crippen LogP contribution in [0.1, 0.15) is 43.9 Å². The highest BCUT2D eigenvalue weighted by molar-refractivity contribution is 5.50. The Morgan fingerprint density at radius 1 is 1.05 bits per heavy atom. The molecule has 1 N–H and O–H groups in total. The van der Waals surface area contributed by atoms with Crippen LogP contribution in [0.25, 0.3) is 6.08 Å². The van der Waals surface area contributed by atoms with Crippen molar-refractivity contribution in [3.63, 3.8) is 0 Å². The molecule has 0 aliphatic heterocycles. The molecule has 0 aromatic heterocycles. The summed E-state index contributed by atoms with van der Waals surface area (Å²) in [7, 11) is 0. The van der Waals surface area contributed by atoms with Crippen LogP contribution in [0.2, 0.25) is 0 Å². The number of phenolic OH excluding ortho intramolecular Hbond substituents is 1. The Hall–Kier alpha value is -2.02. The van der Waals surface area contributed by atoms with Gasteiger partial charge in [-0.25, -0.2) is 0 Å². The number of hydrogen-bond donors (Lipinski definition) is 1. The van der Waals surface area contributed by atoms with Gasteiger partial charge in [0.2, 0.25) is 0 Å². The summed E-state index contributed by atoms with van der Waals surface area (Å²) >= 11 is 0. The first-order chi connectivity index (χ1) is 10.0. The highest BCUT2D eigenvalue weighted by atomic mass is 16.3. The molecule has 0 aliphatic rings. The third-order valence-electron chi connectivity index (χ3n) is 4.19. The van der Waals surface area contributed by atoms with E-state index < -0.39 is 0 Å². The van der Waals surface area contributed by atoms with Gasteiger partial charge in [0.05, 0.1) is 0 Å². The molecule has 0 amide bonds. The molecule has 0 unspecified atom stereocenters. The van der Waals surface area contributed by atoms with Crippen molar-refractivity contribution < 1.29 is 5.11 Å². The maximum Gasteiger partial charge on any atom is 0.119 e. The molecule has 1 nitrogen and oxygen atoms in total. The van der Waals surface area contributed by atoms with Gasteiger partial charge >= 0.3 is 0 Å². The van der Waals surface area contributed by atoms with E-state index in [1.807, 2.05) is 30.3 Å². The SMILES string of the molecule is CCC(C)(C)c1ccc(O)c(CC=Cc2ccccc2)c1. The van der Waals surface area contributed by atoms with Crippen molar-refractivity contribution in [2.24, 2.45) is 0 Å². The standard InChI is InChI=1S/C20H24O/c1-4-20(2,3)18-13-14-19(21)17(15-18)12-8-11-16-9-6-5-7-10-16/h5-11,13-15,21H,4,12H2,1-3H3. The predicted octanol–water partition coefficient (Wildman–Crippen LogP) is 5.34. The van der Waals surface area contributed by atoms with E-state index in [1.165, 1.54) is 11.1 Å². The van der Waals surface area contributed by atoms with E-state index in [9.17, 15) is 5.11 Å². The second-order valence-corrected chi connectivity index (χ2v) is 6.10. The summed E-state index contributed by atoms with van der Waals surface area (Å²) in [6, 6.07) is 16.2. The maximum absolute atomic E-state index is 10.0. The van der Waals surface area contributed by atoms with Gasteiger partial charge in [-0.2, -0.15) is 0 Å². The molecule has 2 aromatic rings. The van der Waals surface area contributed by atoms with Crippen molar-refractivity contribution in [3.05, 3.63) is 71.3 Å². The van der Waals surface area contributed by atoms with E-state index in [4.69, 9.17) is 0 Å². The molecule has 0 atom stereocenters. The minimum atomic E-state index is 0.144. The minimum Gasteiger partial charge on any atom is -0.508 e. The molecule has 0 fully saturated rings. The molecule has 0 aliphatic carbocycles. The number of allylic oxidation sites excluding steroid dienone is 1. The Balaban J connectivity index is 2.16. The Bertz CT molecular complexity index is 609. The van der Waals surface area contributed by atoms with E-state index in [0.717, 1.165) is 18.4 Å². The second-order valence-electron chi connectivity index (χ2n) is 6.10. The Morgan fingerprint density at radius 3 is 2.43 bits per heavy atom. The van der Waals surface area contributed by atoms with Crippen molar-refractivity contribution in [2.45, 2.75) is 39.0 Å². The van der Waals surface area contributed by atoms with E-state index >= 15 is 0 Å². The number of benzene rings is 2. The molecular formula is C20H24O. The van der Waals surface area contributed by atoms with Gasteiger partial charge in [0.1, 0.15) is 5.75 Å². The lowest BCUT2D eigenvalue weighted by atomic mass is 9.81. The van der Waals surface area contributed by atoms with Gasteiger partial charge in [-0.1, -0.05) is 75.4 Å². The molecule has 1 heteroatoms. The molecule has 0 saturated heterocycles.